The van der Waals surface area contributed by atoms with Gasteiger partial charge in [0.1, 0.15) is 36.6 Å². The van der Waals surface area contributed by atoms with Gasteiger partial charge in [0.15, 0.2) is 11.5 Å². The second-order valence-electron chi connectivity index (χ2n) is 9.32. The third kappa shape index (κ3) is 4.64. The van der Waals surface area contributed by atoms with Gasteiger partial charge >= 0.3 is 5.97 Å². The third-order valence-corrected chi connectivity index (χ3v) is 6.99. The van der Waals surface area contributed by atoms with E-state index in [1.807, 2.05) is 19.2 Å². The van der Waals surface area contributed by atoms with Crippen LogP contribution in [-0.2, 0) is 22.4 Å². The standard InChI is InChI=1S/C29H31NO7/c1-16(31)36-15-23-22-8-7-20-21(6-4-17-12-19(32)14-26(34-3)27(17)20)29(22)37-28(23)18-5-9-24(33)25(13-18)35-11-10-30-2/h5,7-9,12-14,23,28,30,32-33H,4,6,10-11,15H2,1-3H3. The van der Waals surface area contributed by atoms with Crippen molar-refractivity contribution in [2.75, 3.05) is 33.9 Å². The van der Waals surface area contributed by atoms with Crippen molar-refractivity contribution in [3.63, 3.8) is 0 Å². The fourth-order valence-corrected chi connectivity index (χ4v) is 5.28. The summed E-state index contributed by atoms with van der Waals surface area (Å²) in [7, 11) is 3.43. The molecule has 1 aliphatic heterocycles. The number of aryl methyl sites for hydroxylation is 1. The number of likely N-dealkylation sites (N-methyl/N-ethyl adjacent to an activating group) is 1. The molecule has 1 heterocycles. The van der Waals surface area contributed by atoms with Gasteiger partial charge in [0.05, 0.1) is 13.0 Å². The smallest absolute Gasteiger partial charge is 0.302 e. The predicted molar refractivity (Wildman–Crippen MR) is 138 cm³/mol. The number of aromatic hydroxyl groups is 2. The van der Waals surface area contributed by atoms with Gasteiger partial charge in [-0.25, -0.2) is 0 Å². The van der Waals surface area contributed by atoms with Crippen molar-refractivity contribution in [2.45, 2.75) is 31.8 Å². The van der Waals surface area contributed by atoms with Crippen molar-refractivity contribution >= 4 is 5.97 Å². The topological polar surface area (TPSA) is 106 Å². The SMILES string of the molecule is CNCCOc1cc(C2Oc3c(ccc4c3CCc3cc(O)cc(OC)c3-4)C2COC(C)=O)ccc1O. The van der Waals surface area contributed by atoms with E-state index in [0.29, 0.717) is 24.7 Å². The summed E-state index contributed by atoms with van der Waals surface area (Å²) in [5.74, 6) is 1.41. The number of carbonyl (C=O) groups excluding carboxylic acids is 1. The van der Waals surface area contributed by atoms with Crippen molar-refractivity contribution in [3.8, 4) is 39.9 Å². The molecule has 1 aliphatic carbocycles. The van der Waals surface area contributed by atoms with Crippen LogP contribution in [0.4, 0.5) is 0 Å². The first-order chi connectivity index (χ1) is 17.9. The maximum atomic E-state index is 11.7. The van der Waals surface area contributed by atoms with Crippen LogP contribution in [0.25, 0.3) is 11.1 Å². The number of nitrogens with one attached hydrogen (secondary N) is 1. The van der Waals surface area contributed by atoms with Crippen molar-refractivity contribution in [1.29, 1.82) is 0 Å². The molecule has 0 fully saturated rings. The molecule has 0 saturated carbocycles. The first kappa shape index (κ1) is 24.8. The highest BCUT2D eigenvalue weighted by atomic mass is 16.5. The fourth-order valence-electron chi connectivity index (χ4n) is 5.28. The Labute approximate surface area is 215 Å². The molecule has 2 unspecified atom stereocenters. The van der Waals surface area contributed by atoms with Crippen molar-refractivity contribution in [1.82, 2.24) is 5.32 Å². The zero-order valence-electron chi connectivity index (χ0n) is 21.2. The van der Waals surface area contributed by atoms with Gasteiger partial charge in [-0.2, -0.15) is 0 Å². The molecule has 3 aromatic rings. The van der Waals surface area contributed by atoms with Crippen molar-refractivity contribution in [2.24, 2.45) is 0 Å². The summed E-state index contributed by atoms with van der Waals surface area (Å²) in [5.41, 5.74) is 5.84. The lowest BCUT2D eigenvalue weighted by atomic mass is 9.82. The second kappa shape index (κ2) is 10.2. The Morgan fingerprint density at radius 2 is 1.95 bits per heavy atom. The molecule has 0 amide bonds. The largest absolute Gasteiger partial charge is 0.508 e. The lowest BCUT2D eigenvalue weighted by Crippen LogP contribution is -2.18. The minimum absolute atomic E-state index is 0.0521. The van der Waals surface area contributed by atoms with Gasteiger partial charge in [-0.1, -0.05) is 18.2 Å². The summed E-state index contributed by atoms with van der Waals surface area (Å²) in [6.07, 6.45) is 1.03. The zero-order chi connectivity index (χ0) is 26.1. The number of methoxy groups -OCH3 is 1. The molecule has 2 aliphatic rings. The molecule has 0 radical (unpaired) electrons. The molecule has 37 heavy (non-hydrogen) atoms. The van der Waals surface area contributed by atoms with E-state index in [0.717, 1.165) is 52.0 Å². The summed E-state index contributed by atoms with van der Waals surface area (Å²) in [5, 5.41) is 23.5. The molecular formula is C29H31NO7. The summed E-state index contributed by atoms with van der Waals surface area (Å²) >= 11 is 0. The monoisotopic (exact) mass is 505 g/mol. The van der Waals surface area contributed by atoms with E-state index in [1.54, 1.807) is 31.4 Å². The van der Waals surface area contributed by atoms with E-state index in [2.05, 4.69) is 11.4 Å². The Bertz CT molecular complexity index is 1320. The molecule has 3 N–H and O–H groups in total. The van der Waals surface area contributed by atoms with Gasteiger partial charge in [0.25, 0.3) is 0 Å². The maximum Gasteiger partial charge on any atom is 0.302 e. The fraction of sp³-hybridized carbons (Fsp3) is 0.345. The third-order valence-electron chi connectivity index (χ3n) is 6.99. The van der Waals surface area contributed by atoms with E-state index in [9.17, 15) is 15.0 Å². The normalized spacial score (nSPS) is 17.3. The van der Waals surface area contributed by atoms with Gasteiger partial charge < -0.3 is 34.5 Å². The average Bonchev–Trinajstić information content (AvgIpc) is 3.26. The highest BCUT2D eigenvalue weighted by Gasteiger charge is 2.40. The lowest BCUT2D eigenvalue weighted by Gasteiger charge is -2.24. The van der Waals surface area contributed by atoms with Crippen LogP contribution in [0, 0.1) is 0 Å². The molecule has 0 spiro atoms. The number of rotatable bonds is 8. The Morgan fingerprint density at radius 3 is 2.70 bits per heavy atom. The van der Waals surface area contributed by atoms with Crippen LogP contribution in [0.15, 0.2) is 42.5 Å². The predicted octanol–water partition coefficient (Wildman–Crippen LogP) is 4.25. The number of carbonyl (C=O) groups is 1. The molecule has 2 atom stereocenters. The van der Waals surface area contributed by atoms with Gasteiger partial charge in [0.2, 0.25) is 0 Å². The summed E-state index contributed by atoms with van der Waals surface area (Å²) in [4.78, 5) is 11.7. The minimum atomic E-state index is -0.434. The zero-order valence-corrected chi connectivity index (χ0v) is 21.2. The molecule has 0 aromatic heterocycles. The Hall–Kier alpha value is -3.91. The molecule has 8 nitrogen and oxygen atoms in total. The average molecular weight is 506 g/mol. The molecule has 194 valence electrons. The Morgan fingerprint density at radius 1 is 1.11 bits per heavy atom. The number of ether oxygens (including phenoxy) is 4. The van der Waals surface area contributed by atoms with Gasteiger partial charge in [0, 0.05) is 36.2 Å². The van der Waals surface area contributed by atoms with Crippen LogP contribution in [0.1, 0.15) is 41.2 Å². The van der Waals surface area contributed by atoms with Crippen molar-refractivity contribution < 1.29 is 34.0 Å². The van der Waals surface area contributed by atoms with E-state index in [-0.39, 0.29) is 30.0 Å². The molecule has 0 saturated heterocycles. The van der Waals surface area contributed by atoms with Gasteiger partial charge in [-0.05, 0) is 54.8 Å². The Balaban J connectivity index is 1.56. The molecule has 5 rings (SSSR count). The number of esters is 1. The van der Waals surface area contributed by atoms with Crippen LogP contribution < -0.4 is 19.5 Å². The van der Waals surface area contributed by atoms with E-state index >= 15 is 0 Å². The van der Waals surface area contributed by atoms with Gasteiger partial charge in [-0.15, -0.1) is 0 Å². The molecular weight excluding hydrogens is 474 g/mol. The first-order valence-corrected chi connectivity index (χ1v) is 12.4. The number of fused-ring (bicyclic) bond motifs is 5. The van der Waals surface area contributed by atoms with E-state index < -0.39 is 6.10 Å². The number of hydrogen-bond donors (Lipinski definition) is 3. The summed E-state index contributed by atoms with van der Waals surface area (Å²) < 4.78 is 23.5. The number of phenolic OH excluding ortho intramolecular Hbond substituents is 2. The number of benzene rings is 3. The van der Waals surface area contributed by atoms with Crippen LogP contribution in [-0.4, -0.2) is 50.1 Å². The molecule has 0 bridgehead atoms. The van der Waals surface area contributed by atoms with Crippen LogP contribution >= 0.6 is 0 Å². The molecule has 3 aromatic carbocycles. The van der Waals surface area contributed by atoms with Crippen LogP contribution in [0.3, 0.4) is 0 Å². The minimum Gasteiger partial charge on any atom is -0.508 e. The molecule has 8 heteroatoms. The second-order valence-corrected chi connectivity index (χ2v) is 9.32. The summed E-state index contributed by atoms with van der Waals surface area (Å²) in [6.45, 7) is 2.60. The quantitative estimate of drug-likeness (QED) is 0.308. The lowest BCUT2D eigenvalue weighted by molar-refractivity contribution is -0.141. The number of hydrogen-bond acceptors (Lipinski definition) is 8. The van der Waals surface area contributed by atoms with Gasteiger partial charge in [-0.3, -0.25) is 4.79 Å². The number of phenols is 2. The van der Waals surface area contributed by atoms with Crippen LogP contribution in [0.2, 0.25) is 0 Å². The van der Waals surface area contributed by atoms with E-state index in [4.69, 9.17) is 18.9 Å². The Kier molecular flexibility index (Phi) is 6.84. The van der Waals surface area contributed by atoms with E-state index in [1.165, 1.54) is 6.92 Å². The highest BCUT2D eigenvalue weighted by Crippen LogP contribution is 2.53. The van der Waals surface area contributed by atoms with Crippen molar-refractivity contribution in [3.05, 3.63) is 64.7 Å². The van der Waals surface area contributed by atoms with Crippen LogP contribution in [0.5, 0.6) is 28.7 Å². The maximum absolute atomic E-state index is 11.7. The first-order valence-electron chi connectivity index (χ1n) is 12.4. The summed E-state index contributed by atoms with van der Waals surface area (Å²) in [6, 6.07) is 12.7. The highest BCUT2D eigenvalue weighted by molar-refractivity contribution is 5.82.